The third-order valence-electron chi connectivity index (χ3n) is 4.23. The first-order valence-corrected chi connectivity index (χ1v) is 7.36. The van der Waals surface area contributed by atoms with Crippen LogP contribution < -0.4 is 11.1 Å². The van der Waals surface area contributed by atoms with Crippen LogP contribution in [0.15, 0.2) is 0 Å². The zero-order valence-electron chi connectivity index (χ0n) is 11.7. The zero-order valence-corrected chi connectivity index (χ0v) is 11.7. The van der Waals surface area contributed by atoms with Gasteiger partial charge in [-0.05, 0) is 38.1 Å². The summed E-state index contributed by atoms with van der Waals surface area (Å²) in [6, 6.07) is 0.350. The maximum Gasteiger partial charge on any atom is 0.239 e. The van der Waals surface area contributed by atoms with E-state index in [-0.39, 0.29) is 30.2 Å². The second-order valence-electron chi connectivity index (χ2n) is 5.92. The highest BCUT2D eigenvalue weighted by molar-refractivity contribution is 5.86. The highest BCUT2D eigenvalue weighted by Gasteiger charge is 2.32. The molecule has 5 heteroatoms. The lowest BCUT2D eigenvalue weighted by molar-refractivity contribution is -0.140. The Kier molecular flexibility index (Phi) is 4.80. The van der Waals surface area contributed by atoms with Crippen molar-refractivity contribution in [2.45, 2.75) is 44.6 Å². The number of carbonyl (C=O) groups excluding carboxylic acids is 2. The normalized spacial score (nSPS) is 26.8. The first-order chi connectivity index (χ1) is 9.11. The summed E-state index contributed by atoms with van der Waals surface area (Å²) in [5, 5.41) is 2.91. The molecule has 0 aromatic carbocycles. The van der Waals surface area contributed by atoms with Crippen LogP contribution in [0.2, 0.25) is 0 Å². The molecule has 108 valence electrons. The molecule has 0 radical (unpaired) electrons. The Labute approximate surface area is 114 Å². The summed E-state index contributed by atoms with van der Waals surface area (Å²) in [5.41, 5.74) is 5.76. The molecule has 0 aliphatic heterocycles. The minimum atomic E-state index is -0.0431. The molecule has 2 unspecified atom stereocenters. The predicted octanol–water partition coefficient (Wildman–Crippen LogP) is 0.489. The van der Waals surface area contributed by atoms with E-state index in [2.05, 4.69) is 5.32 Å². The fraction of sp³-hybridized carbons (Fsp3) is 0.857. The quantitative estimate of drug-likeness (QED) is 0.761. The molecule has 2 amide bonds. The van der Waals surface area contributed by atoms with Gasteiger partial charge in [0.2, 0.25) is 11.8 Å². The van der Waals surface area contributed by atoms with E-state index in [1.807, 2.05) is 0 Å². The molecule has 2 saturated carbocycles. The smallest absolute Gasteiger partial charge is 0.239 e. The third-order valence-corrected chi connectivity index (χ3v) is 4.23. The lowest BCUT2D eigenvalue weighted by atomic mass is 9.78. The summed E-state index contributed by atoms with van der Waals surface area (Å²) in [4.78, 5) is 25.7. The molecule has 19 heavy (non-hydrogen) atoms. The van der Waals surface area contributed by atoms with Crippen molar-refractivity contribution in [3.63, 3.8) is 0 Å². The number of hydrogen-bond donors (Lipinski definition) is 2. The van der Waals surface area contributed by atoms with Gasteiger partial charge < -0.3 is 16.0 Å². The third kappa shape index (κ3) is 3.93. The van der Waals surface area contributed by atoms with Crippen LogP contribution in [0, 0.1) is 11.8 Å². The maximum absolute atomic E-state index is 12.4. The van der Waals surface area contributed by atoms with E-state index < -0.39 is 0 Å². The largest absolute Gasteiger partial charge is 0.352 e. The number of nitrogens with one attached hydrogen (secondary N) is 1. The Morgan fingerprint density at radius 2 is 1.89 bits per heavy atom. The number of rotatable bonds is 5. The van der Waals surface area contributed by atoms with Crippen molar-refractivity contribution in [1.29, 1.82) is 0 Å². The van der Waals surface area contributed by atoms with Crippen LogP contribution in [-0.2, 0) is 9.59 Å². The number of hydrogen-bond acceptors (Lipinski definition) is 3. The van der Waals surface area contributed by atoms with Crippen molar-refractivity contribution in [1.82, 2.24) is 10.2 Å². The fourth-order valence-electron chi connectivity index (χ4n) is 2.89. The number of likely N-dealkylation sites (N-methyl/N-ethyl adjacent to an activating group) is 1. The second kappa shape index (κ2) is 6.37. The Morgan fingerprint density at radius 3 is 2.53 bits per heavy atom. The lowest BCUT2D eigenvalue weighted by Gasteiger charge is -2.32. The summed E-state index contributed by atoms with van der Waals surface area (Å²) < 4.78 is 0. The molecule has 0 aromatic rings. The highest BCUT2D eigenvalue weighted by Crippen LogP contribution is 2.30. The van der Waals surface area contributed by atoms with Gasteiger partial charge in [0.1, 0.15) is 0 Å². The molecule has 2 aliphatic carbocycles. The van der Waals surface area contributed by atoms with Gasteiger partial charge >= 0.3 is 0 Å². The van der Waals surface area contributed by atoms with E-state index in [1.54, 1.807) is 11.9 Å². The maximum atomic E-state index is 12.4. The van der Waals surface area contributed by atoms with E-state index in [1.165, 1.54) is 0 Å². The molecule has 2 aliphatic rings. The first-order valence-electron chi connectivity index (χ1n) is 7.36. The second-order valence-corrected chi connectivity index (χ2v) is 5.92. The summed E-state index contributed by atoms with van der Waals surface area (Å²) >= 11 is 0. The van der Waals surface area contributed by atoms with Gasteiger partial charge in [-0.3, -0.25) is 9.59 Å². The van der Waals surface area contributed by atoms with Crippen LogP contribution in [0.5, 0.6) is 0 Å². The van der Waals surface area contributed by atoms with Crippen LogP contribution in [0.25, 0.3) is 0 Å². The zero-order chi connectivity index (χ0) is 13.8. The molecule has 2 fully saturated rings. The topological polar surface area (TPSA) is 75.4 Å². The van der Waals surface area contributed by atoms with Crippen molar-refractivity contribution in [3.8, 4) is 0 Å². The molecule has 5 nitrogen and oxygen atoms in total. The molecule has 3 N–H and O–H groups in total. The van der Waals surface area contributed by atoms with Crippen LogP contribution in [0.1, 0.15) is 38.5 Å². The van der Waals surface area contributed by atoms with E-state index in [9.17, 15) is 9.59 Å². The Hall–Kier alpha value is -1.10. The van der Waals surface area contributed by atoms with Crippen molar-refractivity contribution < 1.29 is 9.59 Å². The van der Waals surface area contributed by atoms with Crippen LogP contribution >= 0.6 is 0 Å². The molecule has 2 rings (SSSR count). The summed E-state index contributed by atoms with van der Waals surface area (Å²) in [5.74, 6) is 0.340. The molecule has 0 aromatic heterocycles. The minimum absolute atomic E-state index is 0.0116. The molecular weight excluding hydrogens is 242 g/mol. The van der Waals surface area contributed by atoms with Crippen LogP contribution in [0.4, 0.5) is 0 Å². The van der Waals surface area contributed by atoms with Crippen LogP contribution in [0.3, 0.4) is 0 Å². The van der Waals surface area contributed by atoms with Gasteiger partial charge in [-0.2, -0.15) is 0 Å². The van der Waals surface area contributed by atoms with E-state index in [4.69, 9.17) is 5.73 Å². The van der Waals surface area contributed by atoms with Crippen molar-refractivity contribution in [2.24, 2.45) is 17.6 Å². The Morgan fingerprint density at radius 1 is 1.21 bits per heavy atom. The number of carbonyl (C=O) groups is 2. The molecule has 2 atom stereocenters. The number of amides is 2. The van der Waals surface area contributed by atoms with Gasteiger partial charge in [0.15, 0.2) is 0 Å². The number of nitrogens with two attached hydrogens (primary N) is 1. The summed E-state index contributed by atoms with van der Waals surface area (Å²) in [7, 11) is 1.72. The van der Waals surface area contributed by atoms with Gasteiger partial charge in [-0.15, -0.1) is 0 Å². The Balaban J connectivity index is 1.83. The van der Waals surface area contributed by atoms with E-state index in [0.717, 1.165) is 38.5 Å². The average Bonchev–Trinajstić information content (AvgIpc) is 3.21. The highest BCUT2D eigenvalue weighted by atomic mass is 16.2. The van der Waals surface area contributed by atoms with Crippen LogP contribution in [-0.4, -0.2) is 42.9 Å². The first kappa shape index (κ1) is 14.3. The number of nitrogens with zero attached hydrogens (tertiary/aromatic N) is 1. The Bertz CT molecular complexity index is 342. The van der Waals surface area contributed by atoms with Gasteiger partial charge in [-0.1, -0.05) is 12.8 Å². The fourth-order valence-corrected chi connectivity index (χ4v) is 2.89. The molecule has 0 bridgehead atoms. The predicted molar refractivity (Wildman–Crippen MR) is 73.3 cm³/mol. The van der Waals surface area contributed by atoms with Gasteiger partial charge in [0.25, 0.3) is 0 Å². The summed E-state index contributed by atoms with van der Waals surface area (Å²) in [6.07, 6.45) is 6.35. The lowest BCUT2D eigenvalue weighted by Crippen LogP contribution is -2.44. The van der Waals surface area contributed by atoms with Crippen molar-refractivity contribution in [2.75, 3.05) is 20.1 Å². The SMILES string of the molecule is CN(CC(=O)NC1CC1)C(=O)C1CCCCC1CN. The molecule has 0 spiro atoms. The van der Waals surface area contributed by atoms with E-state index >= 15 is 0 Å². The molecular formula is C14H25N3O2. The summed E-state index contributed by atoms with van der Waals surface area (Å²) in [6.45, 7) is 0.738. The molecule has 0 heterocycles. The van der Waals surface area contributed by atoms with Crippen molar-refractivity contribution in [3.05, 3.63) is 0 Å². The van der Waals surface area contributed by atoms with E-state index in [0.29, 0.717) is 12.6 Å². The monoisotopic (exact) mass is 267 g/mol. The van der Waals surface area contributed by atoms with Gasteiger partial charge in [0.05, 0.1) is 6.54 Å². The minimum Gasteiger partial charge on any atom is -0.352 e. The van der Waals surface area contributed by atoms with Gasteiger partial charge in [0, 0.05) is 19.0 Å². The van der Waals surface area contributed by atoms with Crippen molar-refractivity contribution >= 4 is 11.8 Å². The average molecular weight is 267 g/mol. The van der Waals surface area contributed by atoms with Gasteiger partial charge in [-0.25, -0.2) is 0 Å². The molecule has 0 saturated heterocycles. The standard InChI is InChI=1S/C14H25N3O2/c1-17(9-13(18)16-11-6-7-11)14(19)12-5-3-2-4-10(12)8-15/h10-12H,2-9,15H2,1H3,(H,16,18).